The highest BCUT2D eigenvalue weighted by Gasteiger charge is 2.29. The van der Waals surface area contributed by atoms with Crippen LogP contribution in [0.4, 0.5) is 0 Å². The fraction of sp³-hybridized carbons (Fsp3) is 0.800. The first-order valence-electron chi connectivity index (χ1n) is 5.35. The molecule has 0 aromatic rings. The molecule has 9 nitrogen and oxygen atoms in total. The van der Waals surface area contributed by atoms with Crippen LogP contribution in [-0.4, -0.2) is 79.7 Å². The second-order valence-corrected chi connectivity index (χ2v) is 3.89. The van der Waals surface area contributed by atoms with E-state index in [-0.39, 0.29) is 19.8 Å². The van der Waals surface area contributed by atoms with E-state index in [0.29, 0.717) is 6.42 Å². The zero-order chi connectivity index (χ0) is 15.6. The Labute approximate surface area is 109 Å². The fourth-order valence-electron chi connectivity index (χ4n) is 0.756. The van der Waals surface area contributed by atoms with E-state index in [1.807, 2.05) is 6.92 Å². The average molecular weight is 284 g/mol. The Balaban J connectivity index is 0. The number of hydrogen-bond acceptors (Lipinski definition) is 7. The minimum absolute atomic E-state index is 0.156. The molecule has 2 atom stereocenters. The molecule has 0 aromatic heterocycles. The molecular weight excluding hydrogens is 264 g/mol. The van der Waals surface area contributed by atoms with Crippen LogP contribution in [0.25, 0.3) is 0 Å². The summed E-state index contributed by atoms with van der Waals surface area (Å²) in [5, 5.41) is 58.5. The lowest BCUT2D eigenvalue weighted by Crippen LogP contribution is -2.39. The maximum atomic E-state index is 9.77. The zero-order valence-electron chi connectivity index (χ0n) is 10.4. The average Bonchev–Trinajstić information content (AvgIpc) is 2.40. The van der Waals surface area contributed by atoms with E-state index in [2.05, 4.69) is 0 Å². The van der Waals surface area contributed by atoms with Crippen molar-refractivity contribution < 1.29 is 45.3 Å². The zero-order valence-corrected chi connectivity index (χ0v) is 10.4. The minimum atomic E-state index is -2.27. The molecule has 0 saturated carbocycles. The highest BCUT2D eigenvalue weighted by Crippen LogP contribution is 2.18. The normalized spacial score (nSPS) is 14.0. The molecule has 0 rings (SSSR count). The number of carbonyl (C=O) groups is 2. The molecule has 0 radical (unpaired) electrons. The topological polar surface area (TPSA) is 176 Å². The predicted molar refractivity (Wildman–Crippen MR) is 61.3 cm³/mol. The van der Waals surface area contributed by atoms with Gasteiger partial charge in [0.2, 0.25) is 0 Å². The summed E-state index contributed by atoms with van der Waals surface area (Å²) in [7, 11) is 0. The largest absolute Gasteiger partial charge is 0.479 e. The number of carboxylic acids is 2. The van der Waals surface area contributed by atoms with Gasteiger partial charge in [-0.3, -0.25) is 0 Å². The summed E-state index contributed by atoms with van der Waals surface area (Å²) in [6, 6.07) is 0. The van der Waals surface area contributed by atoms with E-state index in [1.54, 1.807) is 0 Å². The molecule has 114 valence electrons. The molecule has 19 heavy (non-hydrogen) atoms. The quantitative estimate of drug-likeness (QED) is 0.261. The SMILES string of the molecule is CCC(CO)(CO)CO.O=C(O)C(O)C(O)C(=O)O. The smallest absolute Gasteiger partial charge is 0.335 e. The first-order valence-corrected chi connectivity index (χ1v) is 5.35. The molecule has 7 N–H and O–H groups in total. The molecular formula is C10H20O9. The molecule has 0 bridgehead atoms. The number of carboxylic acid groups (broad SMARTS) is 2. The van der Waals surface area contributed by atoms with Crippen molar-refractivity contribution >= 4 is 11.9 Å². The summed E-state index contributed by atoms with van der Waals surface area (Å²) < 4.78 is 0. The van der Waals surface area contributed by atoms with E-state index in [0.717, 1.165) is 0 Å². The minimum Gasteiger partial charge on any atom is -0.479 e. The standard InChI is InChI=1S/C6H14O3.C4H6O6/c1-2-6(3-7,4-8)5-9;5-1(3(7)8)2(6)4(9)10/h7-9H,2-5H2,1H3;1-2,5-6H,(H,7,8)(H,9,10). The number of aliphatic hydroxyl groups is 5. The van der Waals surface area contributed by atoms with Crippen molar-refractivity contribution in [3.05, 3.63) is 0 Å². The molecule has 0 saturated heterocycles. The van der Waals surface area contributed by atoms with Gasteiger partial charge in [-0.25, -0.2) is 9.59 Å². The lowest BCUT2D eigenvalue weighted by Gasteiger charge is -2.24. The molecule has 0 heterocycles. The predicted octanol–water partition coefficient (Wildman–Crippen LogP) is -2.76. The van der Waals surface area contributed by atoms with Crippen LogP contribution in [0.1, 0.15) is 13.3 Å². The summed E-state index contributed by atoms with van der Waals surface area (Å²) in [4.78, 5) is 19.5. The second kappa shape index (κ2) is 9.64. The summed E-state index contributed by atoms with van der Waals surface area (Å²) >= 11 is 0. The van der Waals surface area contributed by atoms with Gasteiger partial charge >= 0.3 is 11.9 Å². The molecule has 0 fully saturated rings. The molecule has 0 amide bonds. The molecule has 0 aromatic carbocycles. The summed E-state index contributed by atoms with van der Waals surface area (Å²) in [6.45, 7) is 1.35. The summed E-state index contributed by atoms with van der Waals surface area (Å²) in [5.74, 6) is -3.54. The van der Waals surface area contributed by atoms with E-state index >= 15 is 0 Å². The monoisotopic (exact) mass is 284 g/mol. The highest BCUT2D eigenvalue weighted by atomic mass is 16.4. The van der Waals surface area contributed by atoms with Gasteiger partial charge in [0, 0.05) is 5.41 Å². The van der Waals surface area contributed by atoms with Crippen LogP contribution in [0.2, 0.25) is 0 Å². The summed E-state index contributed by atoms with van der Waals surface area (Å²) in [5.41, 5.74) is -0.667. The van der Waals surface area contributed by atoms with E-state index in [9.17, 15) is 9.59 Å². The van der Waals surface area contributed by atoms with Crippen molar-refractivity contribution in [3.8, 4) is 0 Å². The van der Waals surface area contributed by atoms with E-state index in [1.165, 1.54) is 0 Å². The molecule has 0 aliphatic heterocycles. The van der Waals surface area contributed by atoms with Crippen LogP contribution >= 0.6 is 0 Å². The first-order chi connectivity index (χ1) is 8.71. The lowest BCUT2D eigenvalue weighted by molar-refractivity contribution is -0.165. The Kier molecular flexibility index (Phi) is 10.2. The van der Waals surface area contributed by atoms with Crippen molar-refractivity contribution in [2.24, 2.45) is 5.41 Å². The van der Waals surface area contributed by atoms with Crippen LogP contribution in [0.3, 0.4) is 0 Å². The van der Waals surface area contributed by atoms with Gasteiger partial charge in [0.15, 0.2) is 12.2 Å². The maximum absolute atomic E-state index is 9.77. The van der Waals surface area contributed by atoms with E-state index < -0.39 is 29.6 Å². The Morgan fingerprint density at radius 1 is 0.895 bits per heavy atom. The number of aliphatic hydroxyl groups excluding tert-OH is 5. The van der Waals surface area contributed by atoms with Crippen LogP contribution < -0.4 is 0 Å². The molecule has 0 spiro atoms. The van der Waals surface area contributed by atoms with Gasteiger partial charge in [0.25, 0.3) is 0 Å². The molecule has 2 unspecified atom stereocenters. The third-order valence-corrected chi connectivity index (χ3v) is 2.56. The Morgan fingerprint density at radius 2 is 1.16 bits per heavy atom. The van der Waals surface area contributed by atoms with Crippen LogP contribution in [0.15, 0.2) is 0 Å². The fourth-order valence-corrected chi connectivity index (χ4v) is 0.756. The molecule has 0 aliphatic rings. The van der Waals surface area contributed by atoms with Gasteiger partial charge in [0.05, 0.1) is 19.8 Å². The number of hydrogen-bond donors (Lipinski definition) is 7. The maximum Gasteiger partial charge on any atom is 0.335 e. The molecule has 9 heteroatoms. The summed E-state index contributed by atoms with van der Waals surface area (Å²) in [6.07, 6.45) is -3.94. The van der Waals surface area contributed by atoms with Crippen LogP contribution in [-0.2, 0) is 9.59 Å². The third-order valence-electron chi connectivity index (χ3n) is 2.56. The Morgan fingerprint density at radius 3 is 1.21 bits per heavy atom. The number of aliphatic carboxylic acids is 2. The van der Waals surface area contributed by atoms with E-state index in [4.69, 9.17) is 35.7 Å². The van der Waals surface area contributed by atoms with Gasteiger partial charge in [-0.05, 0) is 6.42 Å². The van der Waals surface area contributed by atoms with Crippen molar-refractivity contribution in [3.63, 3.8) is 0 Å². The van der Waals surface area contributed by atoms with Gasteiger partial charge in [-0.15, -0.1) is 0 Å². The second-order valence-electron chi connectivity index (χ2n) is 3.89. The van der Waals surface area contributed by atoms with Crippen molar-refractivity contribution in [1.29, 1.82) is 0 Å². The van der Waals surface area contributed by atoms with Crippen molar-refractivity contribution in [2.75, 3.05) is 19.8 Å². The highest BCUT2D eigenvalue weighted by molar-refractivity contribution is 5.83. The van der Waals surface area contributed by atoms with Crippen molar-refractivity contribution in [1.82, 2.24) is 0 Å². The number of rotatable bonds is 7. The van der Waals surface area contributed by atoms with Gasteiger partial charge in [-0.1, -0.05) is 6.92 Å². The van der Waals surface area contributed by atoms with Gasteiger partial charge < -0.3 is 35.7 Å². The van der Waals surface area contributed by atoms with Gasteiger partial charge in [0.1, 0.15) is 0 Å². The van der Waals surface area contributed by atoms with Crippen LogP contribution in [0.5, 0.6) is 0 Å². The van der Waals surface area contributed by atoms with Crippen LogP contribution in [0, 0.1) is 5.41 Å². The Bertz CT molecular complexity index is 239. The molecule has 0 aliphatic carbocycles. The third kappa shape index (κ3) is 7.03. The Hall–Kier alpha value is -1.26. The van der Waals surface area contributed by atoms with Gasteiger partial charge in [-0.2, -0.15) is 0 Å². The lowest BCUT2D eigenvalue weighted by atomic mass is 9.88. The first kappa shape index (κ1) is 20.1. The van der Waals surface area contributed by atoms with Crippen molar-refractivity contribution in [2.45, 2.75) is 25.6 Å².